The third-order valence-corrected chi connectivity index (χ3v) is 3.96. The average Bonchev–Trinajstić information content (AvgIpc) is 2.92. The first-order chi connectivity index (χ1) is 10.7. The molecule has 0 bridgehead atoms. The van der Waals surface area contributed by atoms with Crippen molar-refractivity contribution in [2.75, 3.05) is 13.6 Å². The number of pyridine rings is 1. The lowest BCUT2D eigenvalue weighted by molar-refractivity contribution is 0.132. The third-order valence-electron chi connectivity index (χ3n) is 3.96. The van der Waals surface area contributed by atoms with Crippen molar-refractivity contribution >= 4 is 23.3 Å². The number of rotatable bonds is 5. The normalized spacial score (nSPS) is 13.5. The topological polar surface area (TPSA) is 50.1 Å². The van der Waals surface area contributed by atoms with Crippen molar-refractivity contribution in [2.24, 2.45) is 0 Å². The number of benzene rings is 1. The lowest BCUT2D eigenvalue weighted by Crippen LogP contribution is -2.33. The van der Waals surface area contributed by atoms with Crippen molar-refractivity contribution in [1.29, 1.82) is 0 Å². The Hall–Kier alpha value is -1.88. The molecule has 0 amide bonds. The number of aromatic nitrogens is 2. The quantitative estimate of drug-likeness (QED) is 0.755. The Morgan fingerprint density at radius 1 is 1.22 bits per heavy atom. The van der Waals surface area contributed by atoms with Crippen LogP contribution in [0.25, 0.3) is 10.9 Å². The number of aliphatic hydroxyl groups is 1. The number of likely N-dealkylation sites (N-methyl/N-ethyl adjacent to an activating group) is 1. The van der Waals surface area contributed by atoms with Crippen molar-refractivity contribution in [3.8, 4) is 0 Å². The van der Waals surface area contributed by atoms with Crippen LogP contribution in [0.4, 0.5) is 0 Å². The predicted molar refractivity (Wildman–Crippen MR) is 96.2 cm³/mol. The number of aliphatic hydroxyl groups excluding tert-OH is 1. The van der Waals surface area contributed by atoms with Crippen molar-refractivity contribution in [1.82, 2.24) is 14.9 Å². The highest BCUT2D eigenvalue weighted by molar-refractivity contribution is 5.85. The molecule has 0 fully saturated rings. The van der Waals surface area contributed by atoms with E-state index in [0.717, 1.165) is 22.2 Å². The molecule has 1 aromatic carbocycles. The smallest absolute Gasteiger partial charge is 0.0912 e. The minimum Gasteiger partial charge on any atom is -0.389 e. The number of halogens is 1. The Morgan fingerprint density at radius 3 is 2.65 bits per heavy atom. The largest absolute Gasteiger partial charge is 0.389 e. The molecule has 0 saturated carbocycles. The molecule has 0 aliphatic heterocycles. The fourth-order valence-electron chi connectivity index (χ4n) is 2.95. The van der Waals surface area contributed by atoms with Gasteiger partial charge in [0, 0.05) is 23.8 Å². The SMILES string of the molecule is CNC[C@@H](O)[C@H](c1ccccc1)n1ccc2cc(C)ncc21.Cl. The summed E-state index contributed by atoms with van der Waals surface area (Å²) in [7, 11) is 1.85. The van der Waals surface area contributed by atoms with E-state index in [0.29, 0.717) is 6.54 Å². The van der Waals surface area contributed by atoms with Gasteiger partial charge in [-0.1, -0.05) is 30.3 Å². The van der Waals surface area contributed by atoms with Crippen molar-refractivity contribution < 1.29 is 5.11 Å². The first-order valence-electron chi connectivity index (χ1n) is 7.51. The van der Waals surface area contributed by atoms with Gasteiger partial charge in [0.25, 0.3) is 0 Å². The zero-order valence-electron chi connectivity index (χ0n) is 13.3. The summed E-state index contributed by atoms with van der Waals surface area (Å²) in [5.41, 5.74) is 3.12. The highest BCUT2D eigenvalue weighted by atomic mass is 35.5. The number of nitrogens with one attached hydrogen (secondary N) is 1. The van der Waals surface area contributed by atoms with E-state index in [4.69, 9.17) is 0 Å². The standard InChI is InChI=1S/C18H21N3O.ClH/c1-13-10-15-8-9-21(16(15)11-20-13)18(17(22)12-19-2)14-6-4-3-5-7-14;/h3-11,17-19,22H,12H2,1-2H3;1H/t17-,18+;/m1./s1. The van der Waals surface area contributed by atoms with E-state index in [2.05, 4.69) is 39.1 Å². The third kappa shape index (κ3) is 3.55. The van der Waals surface area contributed by atoms with Crippen LogP contribution in [-0.2, 0) is 0 Å². The second kappa shape index (κ2) is 7.59. The number of aryl methyl sites for hydroxylation is 1. The van der Waals surface area contributed by atoms with Gasteiger partial charge in [0.1, 0.15) is 0 Å². The highest BCUT2D eigenvalue weighted by Gasteiger charge is 2.23. The van der Waals surface area contributed by atoms with E-state index >= 15 is 0 Å². The van der Waals surface area contributed by atoms with Crippen LogP contribution in [0.5, 0.6) is 0 Å². The minimum atomic E-state index is -0.524. The van der Waals surface area contributed by atoms with Crippen LogP contribution in [0.1, 0.15) is 17.3 Å². The molecule has 122 valence electrons. The summed E-state index contributed by atoms with van der Waals surface area (Å²) in [5.74, 6) is 0. The zero-order chi connectivity index (χ0) is 15.5. The van der Waals surface area contributed by atoms with Crippen LogP contribution in [0.15, 0.2) is 54.9 Å². The summed E-state index contributed by atoms with van der Waals surface area (Å²) in [5, 5.41) is 14.8. The van der Waals surface area contributed by atoms with Gasteiger partial charge in [0.2, 0.25) is 0 Å². The van der Waals surface area contributed by atoms with Gasteiger partial charge in [-0.3, -0.25) is 4.98 Å². The first-order valence-corrected chi connectivity index (χ1v) is 7.51. The van der Waals surface area contributed by atoms with E-state index in [9.17, 15) is 5.11 Å². The maximum absolute atomic E-state index is 10.6. The average molecular weight is 332 g/mol. The molecule has 0 aliphatic carbocycles. The Labute approximate surface area is 142 Å². The second-order valence-corrected chi connectivity index (χ2v) is 5.59. The highest BCUT2D eigenvalue weighted by Crippen LogP contribution is 2.27. The molecule has 0 aliphatic rings. The molecular formula is C18H22ClN3O. The van der Waals surface area contributed by atoms with Crippen molar-refractivity contribution in [3.63, 3.8) is 0 Å². The molecule has 0 spiro atoms. The van der Waals surface area contributed by atoms with Gasteiger partial charge >= 0.3 is 0 Å². The van der Waals surface area contributed by atoms with Gasteiger partial charge in [-0.05, 0) is 31.7 Å². The van der Waals surface area contributed by atoms with Gasteiger partial charge in [-0.2, -0.15) is 0 Å². The maximum Gasteiger partial charge on any atom is 0.0912 e. The second-order valence-electron chi connectivity index (χ2n) is 5.59. The summed E-state index contributed by atoms with van der Waals surface area (Å²) in [6.45, 7) is 2.51. The van der Waals surface area contributed by atoms with E-state index in [1.54, 1.807) is 0 Å². The molecule has 2 aromatic heterocycles. The molecule has 2 atom stereocenters. The summed E-state index contributed by atoms with van der Waals surface area (Å²) in [6, 6.07) is 14.1. The van der Waals surface area contributed by atoms with E-state index in [-0.39, 0.29) is 18.4 Å². The number of hydrogen-bond donors (Lipinski definition) is 2. The van der Waals surface area contributed by atoms with Crippen LogP contribution >= 0.6 is 12.4 Å². The minimum absolute atomic E-state index is 0. The number of hydrogen-bond acceptors (Lipinski definition) is 3. The Kier molecular flexibility index (Phi) is 5.77. The number of fused-ring (bicyclic) bond motifs is 1. The molecule has 3 aromatic rings. The summed E-state index contributed by atoms with van der Waals surface area (Å²) in [4.78, 5) is 4.40. The van der Waals surface area contributed by atoms with Crippen molar-refractivity contribution in [3.05, 3.63) is 66.1 Å². The molecule has 23 heavy (non-hydrogen) atoms. The molecule has 0 saturated heterocycles. The molecule has 4 nitrogen and oxygen atoms in total. The molecule has 0 unspecified atom stereocenters. The van der Waals surface area contributed by atoms with Crippen LogP contribution in [0.2, 0.25) is 0 Å². The molecule has 5 heteroatoms. The lowest BCUT2D eigenvalue weighted by atomic mass is 10.0. The zero-order valence-corrected chi connectivity index (χ0v) is 14.1. The van der Waals surface area contributed by atoms with Gasteiger partial charge < -0.3 is 15.0 Å². The van der Waals surface area contributed by atoms with E-state index in [1.807, 2.05) is 44.6 Å². The van der Waals surface area contributed by atoms with Gasteiger partial charge in [0.15, 0.2) is 0 Å². The summed E-state index contributed by atoms with van der Waals surface area (Å²) < 4.78 is 2.11. The molecular weight excluding hydrogens is 310 g/mol. The van der Waals surface area contributed by atoms with Crippen LogP contribution in [0.3, 0.4) is 0 Å². The fourth-order valence-corrected chi connectivity index (χ4v) is 2.95. The Morgan fingerprint density at radius 2 is 1.96 bits per heavy atom. The van der Waals surface area contributed by atoms with Crippen LogP contribution < -0.4 is 5.32 Å². The van der Waals surface area contributed by atoms with Gasteiger partial charge in [-0.15, -0.1) is 12.4 Å². The van der Waals surface area contributed by atoms with Crippen LogP contribution in [-0.4, -0.2) is 34.4 Å². The molecule has 0 radical (unpaired) electrons. The monoisotopic (exact) mass is 331 g/mol. The van der Waals surface area contributed by atoms with Gasteiger partial charge in [0.05, 0.1) is 23.9 Å². The maximum atomic E-state index is 10.6. The molecule has 3 rings (SSSR count). The van der Waals surface area contributed by atoms with Crippen LogP contribution in [0, 0.1) is 6.92 Å². The Balaban J connectivity index is 0.00000192. The Bertz CT molecular complexity index is 757. The van der Waals surface area contributed by atoms with Crippen molar-refractivity contribution in [2.45, 2.75) is 19.1 Å². The summed E-state index contributed by atoms with van der Waals surface area (Å²) >= 11 is 0. The molecule has 2 N–H and O–H groups in total. The van der Waals surface area contributed by atoms with E-state index in [1.165, 1.54) is 0 Å². The number of nitrogens with zero attached hydrogens (tertiary/aromatic N) is 2. The lowest BCUT2D eigenvalue weighted by Gasteiger charge is -2.26. The van der Waals surface area contributed by atoms with Gasteiger partial charge in [-0.25, -0.2) is 0 Å². The summed E-state index contributed by atoms with van der Waals surface area (Å²) in [6.07, 6.45) is 3.39. The fraction of sp³-hybridized carbons (Fsp3) is 0.278. The van der Waals surface area contributed by atoms with E-state index < -0.39 is 6.10 Å². The first kappa shape index (κ1) is 17.5. The molecule has 2 heterocycles. The predicted octanol–water partition coefficient (Wildman–Crippen LogP) is 2.94.